The predicted octanol–water partition coefficient (Wildman–Crippen LogP) is 4.77. The van der Waals surface area contributed by atoms with Crippen LogP contribution >= 0.6 is 36.6 Å². The Morgan fingerprint density at radius 1 is 1.13 bits per heavy atom. The van der Waals surface area contributed by atoms with Crippen LogP contribution in [-0.4, -0.2) is 47.5 Å². The van der Waals surface area contributed by atoms with Crippen LogP contribution in [0.15, 0.2) is 53.7 Å². The highest BCUT2D eigenvalue weighted by Crippen LogP contribution is 2.26. The highest BCUT2D eigenvalue weighted by molar-refractivity contribution is 7.98. The van der Waals surface area contributed by atoms with Crippen LogP contribution in [0, 0.1) is 5.92 Å². The number of thioether (sulfide) groups is 1. The van der Waals surface area contributed by atoms with E-state index in [2.05, 4.69) is 21.4 Å². The van der Waals surface area contributed by atoms with Crippen LogP contribution in [-0.2, 0) is 5.75 Å². The number of amides is 1. The number of halogens is 2. The van der Waals surface area contributed by atoms with Gasteiger partial charge in [-0.25, -0.2) is 4.98 Å². The van der Waals surface area contributed by atoms with E-state index < -0.39 is 0 Å². The maximum Gasteiger partial charge on any atom is 0.254 e. The number of fused-ring (bicyclic) bond motifs is 1. The number of imidazole rings is 1. The molecule has 0 unspecified atom stereocenters. The van der Waals surface area contributed by atoms with Crippen LogP contribution in [0.3, 0.4) is 0 Å². The third-order valence-electron chi connectivity index (χ3n) is 5.37. The summed E-state index contributed by atoms with van der Waals surface area (Å²) in [6.45, 7) is 2.72. The summed E-state index contributed by atoms with van der Waals surface area (Å²) in [5, 5.41) is 4.13. The van der Waals surface area contributed by atoms with Gasteiger partial charge in [-0.3, -0.25) is 4.79 Å². The molecule has 1 aliphatic heterocycles. The molecule has 0 radical (unpaired) electrons. The number of aromatic nitrogens is 2. The van der Waals surface area contributed by atoms with Crippen LogP contribution in [0.2, 0.25) is 0 Å². The Balaban J connectivity index is 0.00000160. The number of piperidine rings is 1. The quantitative estimate of drug-likeness (QED) is 0.513. The van der Waals surface area contributed by atoms with Crippen molar-refractivity contribution in [3.63, 3.8) is 0 Å². The van der Waals surface area contributed by atoms with Crippen molar-refractivity contribution in [1.82, 2.24) is 20.2 Å². The molecule has 1 aliphatic rings. The van der Waals surface area contributed by atoms with E-state index in [1.165, 1.54) is 0 Å². The molecule has 1 saturated heterocycles. The van der Waals surface area contributed by atoms with Gasteiger partial charge in [-0.15, -0.1) is 24.8 Å². The van der Waals surface area contributed by atoms with Crippen LogP contribution in [0.4, 0.5) is 0 Å². The van der Waals surface area contributed by atoms with Gasteiger partial charge in [0.2, 0.25) is 0 Å². The number of carbonyl (C=O) groups is 1. The Kier molecular flexibility index (Phi) is 9.49. The van der Waals surface area contributed by atoms with E-state index in [1.54, 1.807) is 11.8 Å². The zero-order valence-corrected chi connectivity index (χ0v) is 19.4. The molecule has 0 atom stereocenters. The van der Waals surface area contributed by atoms with E-state index >= 15 is 0 Å². The number of carbonyl (C=O) groups excluding carboxylic acids is 1. The number of likely N-dealkylation sites (tertiary alicyclic amines) is 1. The van der Waals surface area contributed by atoms with Gasteiger partial charge >= 0.3 is 0 Å². The molecule has 0 saturated carbocycles. The molecule has 0 spiro atoms. The molecular weight excluding hydrogens is 439 g/mol. The van der Waals surface area contributed by atoms with E-state index in [4.69, 9.17) is 0 Å². The largest absolute Gasteiger partial charge is 0.339 e. The number of H-pyrrole nitrogens is 1. The van der Waals surface area contributed by atoms with E-state index in [-0.39, 0.29) is 30.7 Å². The number of hydrogen-bond acceptors (Lipinski definition) is 4. The molecule has 8 heteroatoms. The van der Waals surface area contributed by atoms with Crippen LogP contribution in [0.1, 0.15) is 28.8 Å². The van der Waals surface area contributed by atoms with E-state index in [0.717, 1.165) is 65.5 Å². The normalized spacial score (nSPS) is 14.2. The predicted molar refractivity (Wildman–Crippen MR) is 129 cm³/mol. The summed E-state index contributed by atoms with van der Waals surface area (Å²) in [6, 6.07) is 16.0. The van der Waals surface area contributed by atoms with Crippen molar-refractivity contribution in [2.75, 3.05) is 26.7 Å². The minimum atomic E-state index is 0. The van der Waals surface area contributed by atoms with Crippen molar-refractivity contribution < 1.29 is 4.79 Å². The average Bonchev–Trinajstić information content (AvgIpc) is 3.16. The van der Waals surface area contributed by atoms with Gasteiger partial charge < -0.3 is 15.2 Å². The van der Waals surface area contributed by atoms with Crippen LogP contribution in [0.25, 0.3) is 11.0 Å². The summed E-state index contributed by atoms with van der Waals surface area (Å²) >= 11 is 1.64. The lowest BCUT2D eigenvalue weighted by Gasteiger charge is -2.32. The molecule has 1 amide bonds. The van der Waals surface area contributed by atoms with E-state index in [9.17, 15) is 4.79 Å². The van der Waals surface area contributed by atoms with Gasteiger partial charge in [-0.05, 0) is 56.1 Å². The second kappa shape index (κ2) is 11.6. The topological polar surface area (TPSA) is 61.0 Å². The molecule has 5 nitrogen and oxygen atoms in total. The molecule has 0 bridgehead atoms. The molecule has 2 aromatic carbocycles. The van der Waals surface area contributed by atoms with Crippen molar-refractivity contribution in [2.45, 2.75) is 23.8 Å². The summed E-state index contributed by atoms with van der Waals surface area (Å²) in [5.41, 5.74) is 3.89. The second-order valence-electron chi connectivity index (χ2n) is 7.30. The fourth-order valence-electron chi connectivity index (χ4n) is 3.80. The molecule has 2 N–H and O–H groups in total. The van der Waals surface area contributed by atoms with Gasteiger partial charge in [0.25, 0.3) is 5.91 Å². The molecule has 1 fully saturated rings. The maximum absolute atomic E-state index is 13.1. The monoisotopic (exact) mass is 466 g/mol. The van der Waals surface area contributed by atoms with Gasteiger partial charge in [-0.2, -0.15) is 0 Å². The number of para-hydroxylation sites is 2. The smallest absolute Gasteiger partial charge is 0.254 e. The Bertz CT molecular complexity index is 924. The zero-order chi connectivity index (χ0) is 19.3. The highest BCUT2D eigenvalue weighted by Gasteiger charge is 2.24. The molecule has 30 heavy (non-hydrogen) atoms. The number of nitrogens with zero attached hydrogens (tertiary/aromatic N) is 2. The zero-order valence-electron chi connectivity index (χ0n) is 17.0. The first-order chi connectivity index (χ1) is 13.7. The second-order valence-corrected chi connectivity index (χ2v) is 8.26. The fourth-order valence-corrected chi connectivity index (χ4v) is 4.69. The van der Waals surface area contributed by atoms with E-state index in [1.807, 2.05) is 54.4 Å². The number of aromatic amines is 1. The molecule has 162 valence electrons. The SMILES string of the molecule is CNCC1CCN(C(=O)c2ccccc2CSc2nc3ccccc3[nH]2)CC1.Cl.Cl. The summed E-state index contributed by atoms with van der Waals surface area (Å²) in [7, 11) is 1.99. The summed E-state index contributed by atoms with van der Waals surface area (Å²) in [4.78, 5) is 23.1. The molecule has 2 heterocycles. The maximum atomic E-state index is 13.1. The fraction of sp³-hybridized carbons (Fsp3) is 0.364. The van der Waals surface area contributed by atoms with Crippen molar-refractivity contribution >= 4 is 53.5 Å². The van der Waals surface area contributed by atoms with Crippen molar-refractivity contribution in [1.29, 1.82) is 0 Å². The van der Waals surface area contributed by atoms with Crippen molar-refractivity contribution in [3.8, 4) is 0 Å². The third kappa shape index (κ3) is 5.70. The lowest BCUT2D eigenvalue weighted by molar-refractivity contribution is 0.0690. The van der Waals surface area contributed by atoms with Gasteiger partial charge in [0.15, 0.2) is 5.16 Å². The lowest BCUT2D eigenvalue weighted by atomic mass is 9.96. The van der Waals surface area contributed by atoms with Crippen molar-refractivity contribution in [3.05, 3.63) is 59.7 Å². The highest BCUT2D eigenvalue weighted by atomic mass is 35.5. The number of nitrogens with one attached hydrogen (secondary N) is 2. The summed E-state index contributed by atoms with van der Waals surface area (Å²) in [5.74, 6) is 1.55. The number of rotatable bonds is 6. The molecule has 1 aromatic heterocycles. The van der Waals surface area contributed by atoms with E-state index in [0.29, 0.717) is 5.92 Å². The number of benzene rings is 2. The first-order valence-electron chi connectivity index (χ1n) is 9.84. The average molecular weight is 467 g/mol. The Labute approximate surface area is 194 Å². The van der Waals surface area contributed by atoms with Crippen molar-refractivity contribution in [2.24, 2.45) is 5.92 Å². The Hall–Kier alpha value is -1.73. The molecule has 0 aliphatic carbocycles. The molecule has 3 aromatic rings. The standard InChI is InChI=1S/C22H26N4OS.2ClH/c1-23-14-16-10-12-26(13-11-16)21(27)18-7-3-2-6-17(18)15-28-22-24-19-8-4-5-9-20(19)25-22;;/h2-9,16,23H,10-15H2,1H3,(H,24,25);2*1H. The van der Waals surface area contributed by atoms with Crippen LogP contribution in [0.5, 0.6) is 0 Å². The summed E-state index contributed by atoms with van der Waals surface area (Å²) < 4.78 is 0. The third-order valence-corrected chi connectivity index (χ3v) is 6.30. The molecular formula is C22H28Cl2N4OS. The van der Waals surface area contributed by atoms with Crippen LogP contribution < -0.4 is 5.32 Å². The van der Waals surface area contributed by atoms with Gasteiger partial charge in [0.1, 0.15) is 0 Å². The Morgan fingerprint density at radius 2 is 1.83 bits per heavy atom. The lowest BCUT2D eigenvalue weighted by Crippen LogP contribution is -2.40. The number of hydrogen-bond donors (Lipinski definition) is 2. The van der Waals surface area contributed by atoms with Gasteiger partial charge in [-0.1, -0.05) is 42.1 Å². The van der Waals surface area contributed by atoms with Gasteiger partial charge in [0.05, 0.1) is 11.0 Å². The molecule has 4 rings (SSSR count). The minimum absolute atomic E-state index is 0. The first-order valence-corrected chi connectivity index (χ1v) is 10.8. The Morgan fingerprint density at radius 3 is 2.57 bits per heavy atom. The van der Waals surface area contributed by atoms with Gasteiger partial charge in [0, 0.05) is 24.4 Å². The summed E-state index contributed by atoms with van der Waals surface area (Å²) in [6.07, 6.45) is 2.14. The first kappa shape index (κ1) is 24.5. The minimum Gasteiger partial charge on any atom is -0.339 e.